The highest BCUT2D eigenvalue weighted by molar-refractivity contribution is 8.00. The molecule has 7 heteroatoms. The van der Waals surface area contributed by atoms with E-state index in [1.165, 1.54) is 11.2 Å². The van der Waals surface area contributed by atoms with E-state index in [0.717, 1.165) is 23.8 Å². The molecule has 0 spiro atoms. The zero-order chi connectivity index (χ0) is 21.2. The third-order valence-electron chi connectivity index (χ3n) is 4.28. The Morgan fingerprint density at radius 1 is 1.03 bits per heavy atom. The zero-order valence-corrected chi connectivity index (χ0v) is 17.9. The number of hydrogen-bond acceptors (Lipinski definition) is 4. The van der Waals surface area contributed by atoms with E-state index < -0.39 is 0 Å². The van der Waals surface area contributed by atoms with Crippen LogP contribution in [0.3, 0.4) is 0 Å². The number of thioether (sulfide) groups is 1. The van der Waals surface area contributed by atoms with Crippen molar-refractivity contribution in [2.24, 2.45) is 4.99 Å². The summed E-state index contributed by atoms with van der Waals surface area (Å²) >= 11 is 1.83. The third kappa shape index (κ3) is 6.70. The summed E-state index contributed by atoms with van der Waals surface area (Å²) in [6, 6.07) is 21.4. The topological polar surface area (TPSA) is 78.7 Å². The number of anilines is 1. The van der Waals surface area contributed by atoms with Crippen LogP contribution in [0.1, 0.15) is 23.0 Å². The Kier molecular flexibility index (Phi) is 7.97. The molecule has 0 aliphatic carbocycles. The Morgan fingerprint density at radius 2 is 1.80 bits per heavy atom. The van der Waals surface area contributed by atoms with Gasteiger partial charge in [-0.3, -0.25) is 9.79 Å². The van der Waals surface area contributed by atoms with Crippen LogP contribution in [0.15, 0.2) is 87.3 Å². The fourth-order valence-electron chi connectivity index (χ4n) is 2.73. The van der Waals surface area contributed by atoms with Crippen molar-refractivity contribution in [3.63, 3.8) is 0 Å². The first kappa shape index (κ1) is 21.5. The molecular weight excluding hydrogens is 396 g/mol. The van der Waals surface area contributed by atoms with E-state index >= 15 is 0 Å². The summed E-state index contributed by atoms with van der Waals surface area (Å²) in [5, 5.41) is 9.89. The lowest BCUT2D eigenvalue weighted by Gasteiger charge is -2.16. The normalized spacial score (nSPS) is 12.3. The highest BCUT2D eigenvalue weighted by Crippen LogP contribution is 2.21. The van der Waals surface area contributed by atoms with Crippen molar-refractivity contribution in [1.29, 1.82) is 0 Å². The van der Waals surface area contributed by atoms with E-state index in [1.54, 1.807) is 19.2 Å². The van der Waals surface area contributed by atoms with Crippen molar-refractivity contribution in [2.45, 2.75) is 23.6 Å². The van der Waals surface area contributed by atoms with Crippen LogP contribution < -0.4 is 16.0 Å². The van der Waals surface area contributed by atoms with E-state index in [2.05, 4.69) is 52.1 Å². The van der Waals surface area contributed by atoms with Gasteiger partial charge in [-0.1, -0.05) is 37.3 Å². The molecule has 3 N–H and O–H groups in total. The molecule has 1 heterocycles. The maximum Gasteiger partial charge on any atom is 0.291 e. The molecular formula is C23H26N4O2S. The number of nitrogens with zero attached hydrogens (tertiary/aromatic N) is 1. The molecule has 2 aromatic carbocycles. The van der Waals surface area contributed by atoms with Crippen LogP contribution in [0.4, 0.5) is 5.69 Å². The molecule has 156 valence electrons. The summed E-state index contributed by atoms with van der Waals surface area (Å²) < 4.78 is 5.10. The highest BCUT2D eigenvalue weighted by Gasteiger charge is 2.09. The van der Waals surface area contributed by atoms with Crippen molar-refractivity contribution in [3.8, 4) is 0 Å². The van der Waals surface area contributed by atoms with Crippen molar-refractivity contribution in [1.82, 2.24) is 10.6 Å². The van der Waals surface area contributed by atoms with Crippen molar-refractivity contribution in [2.75, 3.05) is 18.9 Å². The summed E-state index contributed by atoms with van der Waals surface area (Å²) in [5.41, 5.74) is 1.80. The van der Waals surface area contributed by atoms with Crippen LogP contribution >= 0.6 is 11.8 Å². The second kappa shape index (κ2) is 11.1. The van der Waals surface area contributed by atoms with Crippen LogP contribution in [0, 0.1) is 0 Å². The first-order valence-corrected chi connectivity index (χ1v) is 10.6. The minimum absolute atomic E-state index is 0.266. The van der Waals surface area contributed by atoms with Gasteiger partial charge in [0.25, 0.3) is 5.91 Å². The predicted octanol–water partition coefficient (Wildman–Crippen LogP) is 4.38. The molecule has 0 radical (unpaired) electrons. The Morgan fingerprint density at radius 3 is 2.47 bits per heavy atom. The lowest BCUT2D eigenvalue weighted by molar-refractivity contribution is 0.0996. The minimum atomic E-state index is -0.266. The smallest absolute Gasteiger partial charge is 0.291 e. The molecule has 0 fully saturated rings. The molecule has 3 aromatic rings. The maximum atomic E-state index is 12.0. The number of aliphatic imine (C=N–C) groups is 1. The average Bonchev–Trinajstić information content (AvgIpc) is 3.31. The van der Waals surface area contributed by atoms with E-state index in [-0.39, 0.29) is 11.7 Å². The van der Waals surface area contributed by atoms with Crippen LogP contribution in [0.5, 0.6) is 0 Å². The largest absolute Gasteiger partial charge is 0.459 e. The molecule has 0 saturated carbocycles. The van der Waals surface area contributed by atoms with Crippen LogP contribution in [-0.4, -0.2) is 30.7 Å². The number of carbonyl (C=O) groups is 1. The minimum Gasteiger partial charge on any atom is -0.459 e. The van der Waals surface area contributed by atoms with Gasteiger partial charge < -0.3 is 20.4 Å². The van der Waals surface area contributed by atoms with Gasteiger partial charge in [0.2, 0.25) is 0 Å². The number of nitrogens with one attached hydrogen (secondary N) is 3. The molecule has 0 saturated heterocycles. The number of hydrogen-bond donors (Lipinski definition) is 3. The van der Waals surface area contributed by atoms with Gasteiger partial charge in [-0.15, -0.1) is 11.8 Å². The van der Waals surface area contributed by atoms with Gasteiger partial charge in [-0.2, -0.15) is 0 Å². The van der Waals surface area contributed by atoms with Gasteiger partial charge in [-0.05, 0) is 42.0 Å². The summed E-state index contributed by atoms with van der Waals surface area (Å²) in [4.78, 5) is 17.6. The summed E-state index contributed by atoms with van der Waals surface area (Å²) in [6.07, 6.45) is 1.48. The number of benzene rings is 2. The average molecular weight is 423 g/mol. The number of guanidine groups is 1. The fourth-order valence-corrected chi connectivity index (χ4v) is 3.67. The second-order valence-corrected chi connectivity index (χ2v) is 8.19. The number of carbonyl (C=O) groups excluding carboxylic acids is 1. The highest BCUT2D eigenvalue weighted by atomic mass is 32.2. The van der Waals surface area contributed by atoms with Gasteiger partial charge in [0.05, 0.1) is 6.26 Å². The lowest BCUT2D eigenvalue weighted by Crippen LogP contribution is -2.39. The number of rotatable bonds is 8. The zero-order valence-electron chi connectivity index (χ0n) is 17.1. The SMILES string of the molecule is CN=C(NCc1ccc(NC(=O)c2ccco2)cc1)NCC(C)Sc1ccccc1. The molecule has 1 amide bonds. The molecule has 0 bridgehead atoms. The van der Waals surface area contributed by atoms with Gasteiger partial charge in [0, 0.05) is 36.0 Å². The van der Waals surface area contributed by atoms with Gasteiger partial charge >= 0.3 is 0 Å². The Labute approximate surface area is 181 Å². The number of furan rings is 1. The second-order valence-electron chi connectivity index (χ2n) is 6.68. The van der Waals surface area contributed by atoms with Crippen LogP contribution in [-0.2, 0) is 6.54 Å². The van der Waals surface area contributed by atoms with Crippen molar-refractivity contribution < 1.29 is 9.21 Å². The first-order valence-electron chi connectivity index (χ1n) is 9.74. The summed E-state index contributed by atoms with van der Waals surface area (Å²) in [5.74, 6) is 0.777. The molecule has 6 nitrogen and oxygen atoms in total. The Balaban J connectivity index is 1.42. The van der Waals surface area contributed by atoms with E-state index in [0.29, 0.717) is 11.8 Å². The fraction of sp³-hybridized carbons (Fsp3) is 0.217. The van der Waals surface area contributed by atoms with Gasteiger partial charge in [-0.25, -0.2) is 0 Å². The van der Waals surface area contributed by atoms with Crippen LogP contribution in [0.25, 0.3) is 0 Å². The maximum absolute atomic E-state index is 12.0. The predicted molar refractivity (Wildman–Crippen MR) is 123 cm³/mol. The van der Waals surface area contributed by atoms with Crippen molar-refractivity contribution in [3.05, 3.63) is 84.3 Å². The molecule has 1 aromatic heterocycles. The monoisotopic (exact) mass is 422 g/mol. The standard InChI is InChI=1S/C23H26N4O2S/c1-17(30-20-7-4-3-5-8-20)15-25-23(24-2)26-16-18-10-12-19(13-11-18)27-22(28)21-9-6-14-29-21/h3-14,17H,15-16H2,1-2H3,(H,27,28)(H2,24,25,26). The van der Waals surface area contributed by atoms with E-state index in [4.69, 9.17) is 4.42 Å². The molecule has 0 aliphatic heterocycles. The van der Waals surface area contributed by atoms with E-state index in [1.807, 2.05) is 42.1 Å². The first-order chi connectivity index (χ1) is 14.6. The van der Waals surface area contributed by atoms with E-state index in [9.17, 15) is 4.79 Å². The summed E-state index contributed by atoms with van der Waals surface area (Å²) in [7, 11) is 1.76. The van der Waals surface area contributed by atoms with Crippen LogP contribution in [0.2, 0.25) is 0 Å². The molecule has 3 rings (SSSR count). The molecule has 1 atom stereocenters. The summed E-state index contributed by atoms with van der Waals surface area (Å²) in [6.45, 7) is 3.62. The van der Waals surface area contributed by atoms with Gasteiger partial charge in [0.1, 0.15) is 0 Å². The Bertz CT molecular complexity index is 941. The quantitative estimate of drug-likeness (QED) is 0.285. The molecule has 30 heavy (non-hydrogen) atoms. The molecule has 0 aliphatic rings. The number of amides is 1. The molecule has 1 unspecified atom stereocenters. The van der Waals surface area contributed by atoms with Crippen molar-refractivity contribution >= 4 is 29.3 Å². The third-order valence-corrected chi connectivity index (χ3v) is 5.39. The lowest BCUT2D eigenvalue weighted by atomic mass is 10.2. The van der Waals surface area contributed by atoms with Gasteiger partial charge in [0.15, 0.2) is 11.7 Å². The Hall–Kier alpha value is -3.19.